The Kier molecular flexibility index (Phi) is 5.88. The van der Waals surface area contributed by atoms with Crippen LogP contribution >= 0.6 is 0 Å². The fourth-order valence-corrected chi connectivity index (χ4v) is 4.31. The second-order valence-corrected chi connectivity index (χ2v) is 8.35. The summed E-state index contributed by atoms with van der Waals surface area (Å²) < 4.78 is 13.3. The van der Waals surface area contributed by atoms with Gasteiger partial charge in [-0.3, -0.25) is 0 Å². The number of anilines is 1. The zero-order chi connectivity index (χ0) is 24.3. The van der Waals surface area contributed by atoms with Crippen LogP contribution in [0.4, 0.5) is 5.95 Å². The Morgan fingerprint density at radius 2 is 1.69 bits per heavy atom. The third kappa shape index (κ3) is 4.20. The number of ether oxygens (including phenoxy) is 2. The maximum atomic E-state index is 5.92. The van der Waals surface area contributed by atoms with Crippen LogP contribution in [0.5, 0.6) is 5.75 Å². The number of H-pyrrole nitrogens is 1. The first kappa shape index (κ1) is 22.0. The molecule has 1 N–H and O–H groups in total. The van der Waals surface area contributed by atoms with E-state index >= 15 is 0 Å². The highest BCUT2D eigenvalue weighted by molar-refractivity contribution is 5.78. The predicted molar refractivity (Wildman–Crippen MR) is 137 cm³/mol. The van der Waals surface area contributed by atoms with Crippen molar-refractivity contribution in [3.8, 4) is 45.5 Å². The van der Waals surface area contributed by atoms with Crippen LogP contribution in [0, 0.1) is 0 Å². The fraction of sp³-hybridized carbons (Fsp3) is 0.185. The predicted octanol–water partition coefficient (Wildman–Crippen LogP) is 4.23. The molecule has 0 bridgehead atoms. The molecule has 9 heteroatoms. The molecular weight excluding hydrogens is 454 g/mol. The second-order valence-electron chi connectivity index (χ2n) is 8.35. The van der Waals surface area contributed by atoms with Gasteiger partial charge in [-0.15, -0.1) is 0 Å². The van der Waals surface area contributed by atoms with E-state index in [-0.39, 0.29) is 0 Å². The number of morpholine rings is 1. The first-order valence-corrected chi connectivity index (χ1v) is 11.8. The van der Waals surface area contributed by atoms with Gasteiger partial charge in [-0.05, 0) is 18.2 Å². The number of rotatable bonds is 6. The van der Waals surface area contributed by atoms with Crippen molar-refractivity contribution < 1.29 is 9.47 Å². The number of nitrogens with one attached hydrogen (secondary N) is 1. The van der Waals surface area contributed by atoms with Gasteiger partial charge < -0.3 is 19.4 Å². The third-order valence-corrected chi connectivity index (χ3v) is 6.11. The van der Waals surface area contributed by atoms with Gasteiger partial charge in [-0.1, -0.05) is 42.5 Å². The number of hydrogen-bond acceptors (Lipinski definition) is 7. The summed E-state index contributed by atoms with van der Waals surface area (Å²) in [6.07, 6.45) is 5.56. The van der Waals surface area contributed by atoms with E-state index in [9.17, 15) is 0 Å². The lowest BCUT2D eigenvalue weighted by atomic mass is 10.1. The molecular formula is C27H25N7O2. The summed E-state index contributed by atoms with van der Waals surface area (Å²) in [5, 5.41) is 4.37. The van der Waals surface area contributed by atoms with Crippen LogP contribution in [0.2, 0.25) is 0 Å². The molecule has 6 rings (SSSR count). The summed E-state index contributed by atoms with van der Waals surface area (Å²) >= 11 is 0. The maximum absolute atomic E-state index is 5.92. The molecule has 5 aromatic rings. The lowest BCUT2D eigenvalue weighted by molar-refractivity contribution is 0.122. The lowest BCUT2D eigenvalue weighted by Gasteiger charge is -2.27. The second kappa shape index (κ2) is 9.63. The van der Waals surface area contributed by atoms with Crippen LogP contribution in [0.25, 0.3) is 39.7 Å². The Balaban J connectivity index is 1.51. The van der Waals surface area contributed by atoms with Crippen molar-refractivity contribution in [2.45, 2.75) is 0 Å². The van der Waals surface area contributed by atoms with Crippen molar-refractivity contribution in [1.29, 1.82) is 0 Å². The number of hydrogen-bond donors (Lipinski definition) is 1. The number of benzene rings is 2. The average molecular weight is 480 g/mol. The monoisotopic (exact) mass is 479 g/mol. The zero-order valence-corrected chi connectivity index (χ0v) is 19.8. The molecule has 4 heterocycles. The van der Waals surface area contributed by atoms with Crippen LogP contribution in [0.1, 0.15) is 0 Å². The minimum atomic E-state index is 0.554. The summed E-state index contributed by atoms with van der Waals surface area (Å²) in [5.41, 5.74) is 4.98. The van der Waals surface area contributed by atoms with Gasteiger partial charge in [0.05, 0.1) is 31.7 Å². The van der Waals surface area contributed by atoms with E-state index in [2.05, 4.69) is 15.0 Å². The van der Waals surface area contributed by atoms with Gasteiger partial charge in [-0.25, -0.2) is 19.6 Å². The van der Waals surface area contributed by atoms with E-state index in [4.69, 9.17) is 24.4 Å². The quantitative estimate of drug-likeness (QED) is 0.389. The van der Waals surface area contributed by atoms with Crippen LogP contribution in [0.3, 0.4) is 0 Å². The molecule has 1 saturated heterocycles. The van der Waals surface area contributed by atoms with Gasteiger partial charge >= 0.3 is 0 Å². The molecule has 36 heavy (non-hydrogen) atoms. The molecule has 2 aromatic carbocycles. The molecule has 0 amide bonds. The first-order valence-electron chi connectivity index (χ1n) is 11.8. The number of nitrogens with zero attached hydrogens (tertiary/aromatic N) is 6. The normalized spacial score (nSPS) is 13.6. The van der Waals surface area contributed by atoms with E-state index in [0.717, 1.165) is 22.5 Å². The molecule has 9 nitrogen and oxygen atoms in total. The smallest absolute Gasteiger partial charge is 0.227 e. The lowest BCUT2D eigenvalue weighted by Crippen LogP contribution is -2.37. The van der Waals surface area contributed by atoms with Crippen molar-refractivity contribution in [2.24, 2.45) is 0 Å². The first-order chi connectivity index (χ1) is 17.8. The van der Waals surface area contributed by atoms with Crippen molar-refractivity contribution in [2.75, 3.05) is 38.3 Å². The molecule has 0 atom stereocenters. The molecule has 1 fully saturated rings. The Labute approximate surface area is 208 Å². The van der Waals surface area contributed by atoms with Gasteiger partial charge in [0.1, 0.15) is 5.69 Å². The van der Waals surface area contributed by atoms with E-state index in [1.54, 1.807) is 13.3 Å². The average Bonchev–Trinajstić information content (AvgIpc) is 3.67. The number of aromatic amines is 1. The molecule has 1 aliphatic rings. The molecule has 0 radical (unpaired) electrons. The van der Waals surface area contributed by atoms with Crippen LogP contribution < -0.4 is 9.64 Å². The zero-order valence-electron chi connectivity index (χ0n) is 19.8. The number of imidazole rings is 1. The Hall–Kier alpha value is -4.50. The van der Waals surface area contributed by atoms with Gasteiger partial charge in [0.25, 0.3) is 0 Å². The fourth-order valence-electron chi connectivity index (χ4n) is 4.31. The molecule has 180 valence electrons. The summed E-state index contributed by atoms with van der Waals surface area (Å²) in [6, 6.07) is 20.0. The van der Waals surface area contributed by atoms with E-state index in [1.807, 2.05) is 77.7 Å². The third-order valence-electron chi connectivity index (χ3n) is 6.11. The minimum Gasteiger partial charge on any atom is -0.492 e. The van der Waals surface area contributed by atoms with E-state index in [0.29, 0.717) is 55.2 Å². The standard InChI is InChI=1S/C27H25N7O2/c1-35-25-23(20-9-5-10-21(17-20)34-12-6-11-29-34)31-27(33-13-15-36-16-14-33)32-24(25)26-28-18-22(30-26)19-7-3-2-4-8-19/h2-12,17-18H,13-16H2,1H3,(H,28,30). The number of methoxy groups -OCH3 is 1. The highest BCUT2D eigenvalue weighted by atomic mass is 16.5. The van der Waals surface area contributed by atoms with Gasteiger partial charge in [0.15, 0.2) is 17.3 Å². The highest BCUT2D eigenvalue weighted by Gasteiger charge is 2.24. The van der Waals surface area contributed by atoms with Crippen molar-refractivity contribution in [3.05, 3.63) is 79.3 Å². The number of aromatic nitrogens is 6. The van der Waals surface area contributed by atoms with Crippen LogP contribution in [0.15, 0.2) is 79.3 Å². The van der Waals surface area contributed by atoms with Gasteiger partial charge in [0.2, 0.25) is 5.95 Å². The van der Waals surface area contributed by atoms with Crippen molar-refractivity contribution in [3.63, 3.8) is 0 Å². The summed E-state index contributed by atoms with van der Waals surface area (Å²) in [7, 11) is 1.64. The molecule has 0 unspecified atom stereocenters. The molecule has 1 aliphatic heterocycles. The molecule has 3 aromatic heterocycles. The highest BCUT2D eigenvalue weighted by Crippen LogP contribution is 2.38. The molecule has 0 saturated carbocycles. The topological polar surface area (TPSA) is 94.0 Å². The molecule has 0 aliphatic carbocycles. The maximum Gasteiger partial charge on any atom is 0.227 e. The summed E-state index contributed by atoms with van der Waals surface area (Å²) in [4.78, 5) is 20.2. The van der Waals surface area contributed by atoms with E-state index in [1.165, 1.54) is 0 Å². The van der Waals surface area contributed by atoms with Crippen LogP contribution in [-0.4, -0.2) is 63.1 Å². The Morgan fingerprint density at radius 1 is 0.889 bits per heavy atom. The van der Waals surface area contributed by atoms with Crippen molar-refractivity contribution >= 4 is 5.95 Å². The Morgan fingerprint density at radius 3 is 2.47 bits per heavy atom. The molecule has 0 spiro atoms. The van der Waals surface area contributed by atoms with Crippen LogP contribution in [-0.2, 0) is 4.74 Å². The largest absolute Gasteiger partial charge is 0.492 e. The summed E-state index contributed by atoms with van der Waals surface area (Å²) in [5.74, 6) is 1.79. The van der Waals surface area contributed by atoms with E-state index < -0.39 is 0 Å². The van der Waals surface area contributed by atoms with Gasteiger partial charge in [0, 0.05) is 42.8 Å². The van der Waals surface area contributed by atoms with Gasteiger partial charge in [-0.2, -0.15) is 5.10 Å². The van der Waals surface area contributed by atoms with Crippen molar-refractivity contribution in [1.82, 2.24) is 29.7 Å². The SMILES string of the molecule is COc1c(-c2cccc(-n3cccn3)c2)nc(N2CCOCC2)nc1-c1nc(-c2ccccc2)c[nH]1. The minimum absolute atomic E-state index is 0.554. The summed E-state index contributed by atoms with van der Waals surface area (Å²) in [6.45, 7) is 2.69. The Bertz CT molecular complexity index is 1460.